The number of benzene rings is 1. The topological polar surface area (TPSA) is 24.9 Å². The van der Waals surface area contributed by atoms with Crippen molar-refractivity contribution in [2.24, 2.45) is 0 Å². The maximum absolute atomic E-state index is 4.63. The average Bonchev–Trinajstić information content (AvgIpc) is 2.88. The van der Waals surface area contributed by atoms with Crippen molar-refractivity contribution in [3.8, 4) is 0 Å². The van der Waals surface area contributed by atoms with Crippen LogP contribution in [-0.2, 0) is 6.42 Å². The van der Waals surface area contributed by atoms with Crippen molar-refractivity contribution in [2.45, 2.75) is 31.7 Å². The number of rotatable bonds is 3. The van der Waals surface area contributed by atoms with Crippen molar-refractivity contribution in [1.82, 2.24) is 10.3 Å². The maximum Gasteiger partial charge on any atom is 0.0485 e. The molecule has 1 aromatic carbocycles. The Morgan fingerprint density at radius 3 is 2.95 bits per heavy atom. The molecule has 2 unspecified atom stereocenters. The lowest BCUT2D eigenvalue weighted by atomic mass is 9.90. The molecule has 1 heterocycles. The Kier molecular flexibility index (Phi) is 3.90. The highest BCUT2D eigenvalue weighted by Crippen LogP contribution is 2.42. The second-order valence-electron chi connectivity index (χ2n) is 5.44. The Morgan fingerprint density at radius 2 is 2.15 bits per heavy atom. The number of aromatic nitrogens is 1. The molecule has 2 aromatic rings. The van der Waals surface area contributed by atoms with Crippen molar-refractivity contribution in [3.05, 3.63) is 63.4 Å². The van der Waals surface area contributed by atoms with Crippen LogP contribution in [0.4, 0.5) is 0 Å². The van der Waals surface area contributed by atoms with Crippen LogP contribution >= 0.6 is 15.9 Å². The molecular formula is C17H19BrN2. The highest BCUT2D eigenvalue weighted by Gasteiger charge is 2.32. The number of hydrogen-bond acceptors (Lipinski definition) is 2. The number of aryl methyl sites for hydroxylation is 2. The van der Waals surface area contributed by atoms with E-state index >= 15 is 0 Å². The molecule has 20 heavy (non-hydrogen) atoms. The number of halogens is 1. The van der Waals surface area contributed by atoms with Crippen molar-refractivity contribution >= 4 is 15.9 Å². The zero-order chi connectivity index (χ0) is 14.1. The molecular weight excluding hydrogens is 312 g/mol. The summed E-state index contributed by atoms with van der Waals surface area (Å²) in [5.41, 5.74) is 5.28. The SMILES string of the molecule is CNC(c1cccc(C)c1Br)C1CCc2cccnc21. The smallest absolute Gasteiger partial charge is 0.0485 e. The van der Waals surface area contributed by atoms with Gasteiger partial charge >= 0.3 is 0 Å². The van der Waals surface area contributed by atoms with E-state index in [0.717, 1.165) is 12.8 Å². The first kappa shape index (κ1) is 13.8. The zero-order valence-electron chi connectivity index (χ0n) is 11.9. The summed E-state index contributed by atoms with van der Waals surface area (Å²) in [6, 6.07) is 11.0. The first-order valence-electron chi connectivity index (χ1n) is 7.08. The van der Waals surface area contributed by atoms with Gasteiger partial charge in [0.25, 0.3) is 0 Å². The van der Waals surface area contributed by atoms with Crippen LogP contribution in [-0.4, -0.2) is 12.0 Å². The summed E-state index contributed by atoms with van der Waals surface area (Å²) in [5.74, 6) is 0.453. The van der Waals surface area contributed by atoms with E-state index in [0.29, 0.717) is 12.0 Å². The molecule has 1 aliphatic carbocycles. The summed E-state index contributed by atoms with van der Waals surface area (Å²) in [7, 11) is 2.04. The third-order valence-electron chi connectivity index (χ3n) is 4.27. The van der Waals surface area contributed by atoms with E-state index in [-0.39, 0.29) is 0 Å². The summed E-state index contributed by atoms with van der Waals surface area (Å²) >= 11 is 3.75. The standard InChI is InChI=1S/C17H19BrN2/c1-11-5-3-7-13(15(11)18)17(19-2)14-9-8-12-6-4-10-20-16(12)14/h3-7,10,14,17,19H,8-9H2,1-2H3. The Balaban J connectivity index is 2.02. The first-order chi connectivity index (χ1) is 9.72. The summed E-state index contributed by atoms with van der Waals surface area (Å²) in [6.45, 7) is 2.14. The molecule has 0 saturated carbocycles. The minimum absolute atomic E-state index is 0.306. The van der Waals surface area contributed by atoms with Crippen LogP contribution in [0.1, 0.15) is 40.8 Å². The van der Waals surface area contributed by atoms with Gasteiger partial charge in [-0.1, -0.05) is 40.2 Å². The molecule has 2 atom stereocenters. The van der Waals surface area contributed by atoms with Gasteiger partial charge in [-0.25, -0.2) is 0 Å². The minimum Gasteiger partial charge on any atom is -0.312 e. The van der Waals surface area contributed by atoms with E-state index in [1.54, 1.807) is 0 Å². The lowest BCUT2D eigenvalue weighted by Crippen LogP contribution is -2.23. The predicted octanol–water partition coefficient (Wildman–Crippen LogP) is 4.14. The molecule has 1 aliphatic rings. The second kappa shape index (κ2) is 5.66. The number of hydrogen-bond donors (Lipinski definition) is 1. The number of nitrogens with one attached hydrogen (secondary N) is 1. The maximum atomic E-state index is 4.63. The van der Waals surface area contributed by atoms with Gasteiger partial charge < -0.3 is 5.32 Å². The molecule has 3 heteroatoms. The summed E-state index contributed by atoms with van der Waals surface area (Å²) < 4.78 is 1.21. The van der Waals surface area contributed by atoms with Gasteiger partial charge in [-0.15, -0.1) is 0 Å². The molecule has 0 amide bonds. The first-order valence-corrected chi connectivity index (χ1v) is 7.87. The van der Waals surface area contributed by atoms with Crippen LogP contribution in [0.2, 0.25) is 0 Å². The Bertz CT molecular complexity index is 624. The van der Waals surface area contributed by atoms with Gasteiger partial charge in [0.2, 0.25) is 0 Å². The molecule has 0 spiro atoms. The highest BCUT2D eigenvalue weighted by atomic mass is 79.9. The molecule has 0 saturated heterocycles. The highest BCUT2D eigenvalue weighted by molar-refractivity contribution is 9.10. The molecule has 0 bridgehead atoms. The number of fused-ring (bicyclic) bond motifs is 1. The molecule has 3 rings (SSSR count). The van der Waals surface area contributed by atoms with Gasteiger partial charge in [0, 0.05) is 28.3 Å². The minimum atomic E-state index is 0.306. The fourth-order valence-electron chi connectivity index (χ4n) is 3.25. The quantitative estimate of drug-likeness (QED) is 0.914. The summed E-state index contributed by atoms with van der Waals surface area (Å²) in [5, 5.41) is 3.50. The van der Waals surface area contributed by atoms with Crippen LogP contribution in [0.5, 0.6) is 0 Å². The van der Waals surface area contributed by atoms with Crippen molar-refractivity contribution in [1.29, 1.82) is 0 Å². The van der Waals surface area contributed by atoms with Crippen LogP contribution in [0, 0.1) is 6.92 Å². The van der Waals surface area contributed by atoms with Gasteiger partial charge in [0.1, 0.15) is 0 Å². The molecule has 2 nitrogen and oxygen atoms in total. The average molecular weight is 331 g/mol. The van der Waals surface area contributed by atoms with E-state index < -0.39 is 0 Å². The molecule has 104 valence electrons. The van der Waals surface area contributed by atoms with E-state index in [2.05, 4.69) is 57.4 Å². The fourth-order valence-corrected chi connectivity index (χ4v) is 3.76. The molecule has 0 radical (unpaired) electrons. The predicted molar refractivity (Wildman–Crippen MR) is 86.0 cm³/mol. The number of nitrogens with zero attached hydrogens (tertiary/aromatic N) is 1. The van der Waals surface area contributed by atoms with Gasteiger partial charge in [-0.3, -0.25) is 4.98 Å². The van der Waals surface area contributed by atoms with Gasteiger partial charge in [-0.2, -0.15) is 0 Å². The van der Waals surface area contributed by atoms with Crippen LogP contribution in [0.15, 0.2) is 41.0 Å². The van der Waals surface area contributed by atoms with E-state index in [1.807, 2.05) is 19.3 Å². The van der Waals surface area contributed by atoms with Crippen LogP contribution in [0.25, 0.3) is 0 Å². The normalized spacial score (nSPS) is 18.9. The van der Waals surface area contributed by atoms with E-state index in [9.17, 15) is 0 Å². The fraction of sp³-hybridized carbons (Fsp3) is 0.353. The summed E-state index contributed by atoms with van der Waals surface area (Å²) in [6.07, 6.45) is 4.21. The van der Waals surface area contributed by atoms with Gasteiger partial charge in [-0.05, 0) is 49.6 Å². The Morgan fingerprint density at radius 1 is 1.30 bits per heavy atom. The lowest BCUT2D eigenvalue weighted by molar-refractivity contribution is 0.468. The van der Waals surface area contributed by atoms with E-state index in [4.69, 9.17) is 0 Å². The van der Waals surface area contributed by atoms with Crippen molar-refractivity contribution in [2.75, 3.05) is 7.05 Å². The number of likely N-dealkylation sites (N-methyl/N-ethyl adjacent to an activating group) is 1. The van der Waals surface area contributed by atoms with Crippen molar-refractivity contribution in [3.63, 3.8) is 0 Å². The number of pyridine rings is 1. The van der Waals surface area contributed by atoms with Crippen LogP contribution in [0.3, 0.4) is 0 Å². The molecule has 1 N–H and O–H groups in total. The summed E-state index contributed by atoms with van der Waals surface area (Å²) in [4.78, 5) is 4.63. The third-order valence-corrected chi connectivity index (χ3v) is 5.36. The monoisotopic (exact) mass is 330 g/mol. The molecule has 0 fully saturated rings. The lowest BCUT2D eigenvalue weighted by Gasteiger charge is -2.25. The van der Waals surface area contributed by atoms with Gasteiger partial charge in [0.05, 0.1) is 0 Å². The second-order valence-corrected chi connectivity index (χ2v) is 6.23. The Hall–Kier alpha value is -1.19. The molecule has 1 aromatic heterocycles. The van der Waals surface area contributed by atoms with Crippen LogP contribution < -0.4 is 5.32 Å². The van der Waals surface area contributed by atoms with Crippen molar-refractivity contribution < 1.29 is 0 Å². The van der Waals surface area contributed by atoms with Gasteiger partial charge in [0.15, 0.2) is 0 Å². The third kappa shape index (κ3) is 2.29. The largest absolute Gasteiger partial charge is 0.312 e. The molecule has 0 aliphatic heterocycles. The van der Waals surface area contributed by atoms with E-state index in [1.165, 1.54) is 26.9 Å². The zero-order valence-corrected chi connectivity index (χ0v) is 13.4. The Labute approximate surface area is 128 Å².